The lowest BCUT2D eigenvalue weighted by Crippen LogP contribution is -2.44. The minimum absolute atomic E-state index is 0.471. The Morgan fingerprint density at radius 2 is 2.05 bits per heavy atom. The lowest BCUT2D eigenvalue weighted by molar-refractivity contribution is 0.0948. The van der Waals surface area contributed by atoms with Crippen LogP contribution in [0.4, 0.5) is 10.5 Å². The Morgan fingerprint density at radius 1 is 1.27 bits per heavy atom. The Bertz CT molecular complexity index is 743. The zero-order chi connectivity index (χ0) is 15.9. The van der Waals surface area contributed by atoms with Crippen LogP contribution in [0.1, 0.15) is 36.5 Å². The summed E-state index contributed by atoms with van der Waals surface area (Å²) in [6.07, 6.45) is 2.60. The maximum absolute atomic E-state index is 12.2. The quantitative estimate of drug-likeness (QED) is 0.940. The molecule has 2 aromatic rings. The van der Waals surface area contributed by atoms with Gasteiger partial charge in [-0.3, -0.25) is 14.8 Å². The Morgan fingerprint density at radius 3 is 2.64 bits per heavy atom. The maximum Gasteiger partial charge on any atom is 0.351 e. The number of anilines is 1. The Balaban J connectivity index is 2.22. The molecule has 0 unspecified atom stereocenters. The van der Waals surface area contributed by atoms with Crippen molar-refractivity contribution in [3.8, 4) is 11.3 Å². The number of carbonyl (C=O) groups is 2. The highest BCUT2D eigenvalue weighted by Crippen LogP contribution is 2.35. The largest absolute Gasteiger partial charge is 0.351 e. The molecule has 1 radical (unpaired) electrons. The van der Waals surface area contributed by atoms with Crippen LogP contribution in [0.15, 0.2) is 12.3 Å². The van der Waals surface area contributed by atoms with Gasteiger partial charge in [-0.1, -0.05) is 6.92 Å². The number of aryl methyl sites for hydroxylation is 1. The molecule has 115 valence electrons. The number of amides is 3. The standard InChI is InChI=1S/C15H18N5O2/c1-4-6-20-12-7-11(10-8-16-18-9(10)3)19(5-2)13(12)14(21)17-15(20)22/h7-8H,4-6H2,1-3H3,(H,16,18). The first-order chi connectivity index (χ1) is 10.6. The highest BCUT2D eigenvalue weighted by atomic mass is 16.2. The molecule has 3 heterocycles. The number of urea groups is 1. The maximum atomic E-state index is 12.2. The molecular formula is C15H18N5O2. The molecule has 3 rings (SSSR count). The van der Waals surface area contributed by atoms with Crippen LogP contribution in [0, 0.1) is 6.92 Å². The first-order valence-corrected chi connectivity index (χ1v) is 7.40. The Labute approximate surface area is 128 Å². The summed E-state index contributed by atoms with van der Waals surface area (Å²) in [5, 5.41) is 10.6. The van der Waals surface area contributed by atoms with Crippen LogP contribution in [-0.2, 0) is 6.54 Å². The van der Waals surface area contributed by atoms with Gasteiger partial charge in [-0.25, -0.2) is 4.79 Å². The van der Waals surface area contributed by atoms with E-state index in [4.69, 9.17) is 0 Å². The summed E-state index contributed by atoms with van der Waals surface area (Å²) >= 11 is 0. The lowest BCUT2D eigenvalue weighted by atomic mass is 10.2. The summed E-state index contributed by atoms with van der Waals surface area (Å²) < 4.78 is 1.90. The summed E-state index contributed by atoms with van der Waals surface area (Å²) in [4.78, 5) is 25.8. The molecule has 0 atom stereocenters. The van der Waals surface area contributed by atoms with Gasteiger partial charge in [0.2, 0.25) is 0 Å². The highest BCUT2D eigenvalue weighted by Gasteiger charge is 2.35. The van der Waals surface area contributed by atoms with Crippen molar-refractivity contribution in [2.45, 2.75) is 33.7 Å². The van der Waals surface area contributed by atoms with Gasteiger partial charge in [0.15, 0.2) is 0 Å². The van der Waals surface area contributed by atoms with E-state index in [1.165, 1.54) is 0 Å². The van der Waals surface area contributed by atoms with Gasteiger partial charge in [0, 0.05) is 24.8 Å². The summed E-state index contributed by atoms with van der Waals surface area (Å²) in [6.45, 7) is 7.01. The average Bonchev–Trinajstić information content (AvgIpc) is 3.06. The third kappa shape index (κ3) is 2.01. The first kappa shape index (κ1) is 14.4. The summed E-state index contributed by atoms with van der Waals surface area (Å²) in [5.41, 5.74) is 3.77. The molecule has 2 aromatic heterocycles. The van der Waals surface area contributed by atoms with E-state index in [0.717, 1.165) is 23.4 Å². The number of hydrogen-bond acceptors (Lipinski definition) is 3. The van der Waals surface area contributed by atoms with Crippen molar-refractivity contribution in [1.82, 2.24) is 20.1 Å². The SMILES string of the molecule is CCCN1C(=O)[N]C(=O)c2c1cc(-c1c[nH]nc1C)n2CC. The second-order valence-corrected chi connectivity index (χ2v) is 5.24. The van der Waals surface area contributed by atoms with Crippen molar-refractivity contribution in [3.63, 3.8) is 0 Å². The van der Waals surface area contributed by atoms with Crippen molar-refractivity contribution < 1.29 is 9.59 Å². The topological polar surface area (TPSA) is 85.1 Å². The molecule has 0 aromatic carbocycles. The summed E-state index contributed by atoms with van der Waals surface area (Å²) in [7, 11) is 0. The summed E-state index contributed by atoms with van der Waals surface area (Å²) in [5.74, 6) is -0.471. The molecule has 1 aliphatic rings. The smallest absolute Gasteiger partial charge is 0.335 e. The second-order valence-electron chi connectivity index (χ2n) is 5.24. The molecule has 0 aliphatic carbocycles. The van der Waals surface area contributed by atoms with Crippen molar-refractivity contribution in [2.24, 2.45) is 0 Å². The zero-order valence-electron chi connectivity index (χ0n) is 12.9. The van der Waals surface area contributed by atoms with E-state index < -0.39 is 11.9 Å². The van der Waals surface area contributed by atoms with Crippen LogP contribution in [0.5, 0.6) is 0 Å². The van der Waals surface area contributed by atoms with Crippen LogP contribution in [0.3, 0.4) is 0 Å². The van der Waals surface area contributed by atoms with Crippen molar-refractivity contribution >= 4 is 17.6 Å². The van der Waals surface area contributed by atoms with Gasteiger partial charge in [-0.2, -0.15) is 10.4 Å². The average molecular weight is 300 g/mol. The molecular weight excluding hydrogens is 282 g/mol. The van der Waals surface area contributed by atoms with E-state index in [2.05, 4.69) is 15.5 Å². The van der Waals surface area contributed by atoms with Gasteiger partial charge in [0.05, 0.1) is 17.1 Å². The van der Waals surface area contributed by atoms with Gasteiger partial charge < -0.3 is 4.57 Å². The fourth-order valence-electron chi connectivity index (χ4n) is 2.88. The number of nitrogens with zero attached hydrogens (tertiary/aromatic N) is 4. The molecule has 0 bridgehead atoms. The van der Waals surface area contributed by atoms with E-state index in [9.17, 15) is 9.59 Å². The van der Waals surface area contributed by atoms with Crippen LogP contribution in [0.25, 0.3) is 11.3 Å². The van der Waals surface area contributed by atoms with Crippen LogP contribution in [-0.4, -0.2) is 33.2 Å². The van der Waals surface area contributed by atoms with Gasteiger partial charge in [-0.05, 0) is 26.3 Å². The normalized spacial score (nSPS) is 14.2. The molecule has 7 heteroatoms. The predicted octanol–water partition coefficient (Wildman–Crippen LogP) is 2.30. The first-order valence-electron chi connectivity index (χ1n) is 7.40. The van der Waals surface area contributed by atoms with Crippen molar-refractivity contribution in [2.75, 3.05) is 11.4 Å². The zero-order valence-corrected chi connectivity index (χ0v) is 12.9. The van der Waals surface area contributed by atoms with E-state index in [-0.39, 0.29) is 0 Å². The van der Waals surface area contributed by atoms with E-state index in [1.807, 2.05) is 31.4 Å². The number of rotatable bonds is 4. The van der Waals surface area contributed by atoms with Crippen LogP contribution >= 0.6 is 0 Å². The number of fused-ring (bicyclic) bond motifs is 1. The summed E-state index contributed by atoms with van der Waals surface area (Å²) in [6, 6.07) is 1.40. The molecule has 3 amide bonds. The molecule has 7 nitrogen and oxygen atoms in total. The number of H-pyrrole nitrogens is 1. The number of imide groups is 1. The molecule has 0 spiro atoms. The third-order valence-electron chi connectivity index (χ3n) is 3.87. The van der Waals surface area contributed by atoms with E-state index in [1.54, 1.807) is 11.1 Å². The van der Waals surface area contributed by atoms with Gasteiger partial charge in [0.1, 0.15) is 5.69 Å². The molecule has 0 saturated carbocycles. The lowest BCUT2D eigenvalue weighted by Gasteiger charge is -2.25. The number of carbonyl (C=O) groups excluding carboxylic acids is 2. The molecule has 1 aliphatic heterocycles. The molecule has 1 N–H and O–H groups in total. The molecule has 0 fully saturated rings. The fourth-order valence-corrected chi connectivity index (χ4v) is 2.88. The van der Waals surface area contributed by atoms with Gasteiger partial charge in [0.25, 0.3) is 5.91 Å². The minimum atomic E-state index is -0.483. The van der Waals surface area contributed by atoms with Gasteiger partial charge in [-0.15, -0.1) is 0 Å². The van der Waals surface area contributed by atoms with Gasteiger partial charge >= 0.3 is 6.03 Å². The minimum Gasteiger partial charge on any atom is -0.335 e. The van der Waals surface area contributed by atoms with Crippen molar-refractivity contribution in [1.29, 1.82) is 0 Å². The number of hydrogen-bond donors (Lipinski definition) is 1. The number of aromatic nitrogens is 3. The van der Waals surface area contributed by atoms with Crippen LogP contribution in [0.2, 0.25) is 0 Å². The third-order valence-corrected chi connectivity index (χ3v) is 3.87. The second kappa shape index (κ2) is 5.32. The fraction of sp³-hybridized carbons (Fsp3) is 0.400. The predicted molar refractivity (Wildman–Crippen MR) is 81.9 cm³/mol. The molecule has 0 saturated heterocycles. The molecule has 22 heavy (non-hydrogen) atoms. The van der Waals surface area contributed by atoms with Crippen LogP contribution < -0.4 is 10.2 Å². The van der Waals surface area contributed by atoms with E-state index in [0.29, 0.717) is 24.5 Å². The monoisotopic (exact) mass is 300 g/mol. The number of aromatic amines is 1. The van der Waals surface area contributed by atoms with Crippen molar-refractivity contribution in [3.05, 3.63) is 23.7 Å². The Hall–Kier alpha value is -2.57. The van der Waals surface area contributed by atoms with E-state index >= 15 is 0 Å². The Kier molecular flexibility index (Phi) is 3.48. The number of nitrogens with one attached hydrogen (secondary N) is 1. The highest BCUT2D eigenvalue weighted by molar-refractivity contribution is 6.16.